The fraction of sp³-hybridized carbons (Fsp3) is 0.143. The molecule has 0 fully saturated rings. The molecule has 0 saturated carbocycles. The summed E-state index contributed by atoms with van der Waals surface area (Å²) in [6, 6.07) is 11.6. The van der Waals surface area contributed by atoms with Gasteiger partial charge in [-0.2, -0.15) is 4.39 Å². The Labute approximate surface area is 109 Å². The van der Waals surface area contributed by atoms with E-state index in [0.29, 0.717) is 5.75 Å². The summed E-state index contributed by atoms with van der Waals surface area (Å²) in [6.07, 6.45) is 1.21. The molecular weight excluding hydrogens is 249 g/mol. The molecule has 19 heavy (non-hydrogen) atoms. The average Bonchev–Trinajstić information content (AvgIpc) is 2.44. The van der Waals surface area contributed by atoms with Crippen molar-refractivity contribution in [3.05, 3.63) is 60.2 Å². The van der Waals surface area contributed by atoms with Gasteiger partial charge in [0.2, 0.25) is 5.95 Å². The van der Waals surface area contributed by atoms with Crippen LogP contribution in [0, 0.1) is 5.95 Å². The Morgan fingerprint density at radius 3 is 2.68 bits per heavy atom. The quantitative estimate of drug-likeness (QED) is 0.471. The Morgan fingerprint density at radius 1 is 1.16 bits per heavy atom. The second-order valence-electron chi connectivity index (χ2n) is 3.66. The molecule has 0 N–H and O–H groups in total. The number of aromatic nitrogens is 1. The summed E-state index contributed by atoms with van der Waals surface area (Å²) in [5.41, 5.74) is 0.132. The SMILES string of the molecule is O=C(OCCOc1ccccc1)c1ccnc(F)c1. The molecule has 4 nitrogen and oxygen atoms in total. The third kappa shape index (κ3) is 4.06. The van der Waals surface area contributed by atoms with Crippen LogP contribution < -0.4 is 4.74 Å². The van der Waals surface area contributed by atoms with Gasteiger partial charge in [-0.1, -0.05) is 18.2 Å². The molecule has 1 aromatic heterocycles. The molecule has 0 radical (unpaired) electrons. The van der Waals surface area contributed by atoms with Crippen molar-refractivity contribution in [3.8, 4) is 5.75 Å². The van der Waals surface area contributed by atoms with Gasteiger partial charge in [-0.15, -0.1) is 0 Å². The molecule has 0 unspecified atom stereocenters. The van der Waals surface area contributed by atoms with Crippen molar-refractivity contribution >= 4 is 5.97 Å². The van der Waals surface area contributed by atoms with E-state index in [4.69, 9.17) is 9.47 Å². The first-order chi connectivity index (χ1) is 9.25. The summed E-state index contributed by atoms with van der Waals surface area (Å²) in [5, 5.41) is 0. The highest BCUT2D eigenvalue weighted by atomic mass is 19.1. The van der Waals surface area contributed by atoms with E-state index in [1.807, 2.05) is 18.2 Å². The summed E-state index contributed by atoms with van der Waals surface area (Å²) in [5.74, 6) is -0.610. The second-order valence-corrected chi connectivity index (χ2v) is 3.66. The van der Waals surface area contributed by atoms with Crippen molar-refractivity contribution in [2.45, 2.75) is 0 Å². The monoisotopic (exact) mass is 261 g/mol. The van der Waals surface area contributed by atoms with E-state index >= 15 is 0 Å². The number of carbonyl (C=O) groups excluding carboxylic acids is 1. The number of hydrogen-bond acceptors (Lipinski definition) is 4. The van der Waals surface area contributed by atoms with E-state index in [1.54, 1.807) is 12.1 Å². The minimum atomic E-state index is -0.713. The molecule has 0 spiro atoms. The molecule has 0 bridgehead atoms. The van der Waals surface area contributed by atoms with Crippen molar-refractivity contribution in [3.63, 3.8) is 0 Å². The molecule has 0 aliphatic carbocycles. The van der Waals surface area contributed by atoms with Gasteiger partial charge in [0.05, 0.1) is 5.56 Å². The van der Waals surface area contributed by atoms with E-state index in [1.165, 1.54) is 12.3 Å². The molecule has 0 aliphatic rings. The fourth-order valence-electron chi connectivity index (χ4n) is 1.42. The number of carbonyl (C=O) groups is 1. The van der Waals surface area contributed by atoms with Crippen LogP contribution in [0.4, 0.5) is 4.39 Å². The van der Waals surface area contributed by atoms with Crippen molar-refractivity contribution in [1.82, 2.24) is 4.98 Å². The third-order valence-electron chi connectivity index (χ3n) is 2.29. The van der Waals surface area contributed by atoms with Crippen LogP contribution in [0.1, 0.15) is 10.4 Å². The first-order valence-electron chi connectivity index (χ1n) is 5.72. The highest BCUT2D eigenvalue weighted by molar-refractivity contribution is 5.89. The van der Waals surface area contributed by atoms with Crippen LogP contribution >= 0.6 is 0 Å². The van der Waals surface area contributed by atoms with Gasteiger partial charge in [-0.3, -0.25) is 0 Å². The van der Waals surface area contributed by atoms with Crippen LogP contribution in [0.2, 0.25) is 0 Å². The highest BCUT2D eigenvalue weighted by Crippen LogP contribution is 2.08. The maximum atomic E-state index is 12.8. The highest BCUT2D eigenvalue weighted by Gasteiger charge is 2.08. The van der Waals surface area contributed by atoms with Crippen molar-refractivity contribution < 1.29 is 18.7 Å². The van der Waals surface area contributed by atoms with Crippen molar-refractivity contribution in [2.75, 3.05) is 13.2 Å². The molecule has 0 atom stereocenters. The predicted molar refractivity (Wildman–Crippen MR) is 66.4 cm³/mol. The smallest absolute Gasteiger partial charge is 0.338 e. The Hall–Kier alpha value is -2.43. The molecule has 1 aromatic carbocycles. The molecule has 1 heterocycles. The molecular formula is C14H12FNO3. The Morgan fingerprint density at radius 2 is 1.95 bits per heavy atom. The van der Waals surface area contributed by atoms with E-state index in [2.05, 4.69) is 4.98 Å². The van der Waals surface area contributed by atoms with Crippen molar-refractivity contribution in [1.29, 1.82) is 0 Å². The number of pyridine rings is 1. The number of ether oxygens (including phenoxy) is 2. The Kier molecular flexibility index (Phi) is 4.44. The van der Waals surface area contributed by atoms with E-state index < -0.39 is 11.9 Å². The van der Waals surface area contributed by atoms with Gasteiger partial charge in [-0.05, 0) is 18.2 Å². The Bertz CT molecular complexity index is 545. The summed E-state index contributed by atoms with van der Waals surface area (Å²) < 4.78 is 23.1. The largest absolute Gasteiger partial charge is 0.490 e. The minimum absolute atomic E-state index is 0.0949. The van der Waals surface area contributed by atoms with Gasteiger partial charge in [0.25, 0.3) is 0 Å². The zero-order chi connectivity index (χ0) is 13.5. The predicted octanol–water partition coefficient (Wildman–Crippen LogP) is 2.46. The molecule has 0 aliphatic heterocycles. The Balaban J connectivity index is 1.75. The summed E-state index contributed by atoms with van der Waals surface area (Å²) in [4.78, 5) is 14.9. The summed E-state index contributed by atoms with van der Waals surface area (Å²) in [7, 11) is 0. The van der Waals surface area contributed by atoms with Gasteiger partial charge >= 0.3 is 5.97 Å². The number of benzene rings is 1. The topological polar surface area (TPSA) is 48.4 Å². The van der Waals surface area contributed by atoms with Crippen LogP contribution in [0.5, 0.6) is 5.75 Å². The van der Waals surface area contributed by atoms with Crippen LogP contribution in [-0.4, -0.2) is 24.2 Å². The van der Waals surface area contributed by atoms with Gasteiger partial charge < -0.3 is 9.47 Å². The lowest BCUT2D eigenvalue weighted by Crippen LogP contribution is -2.12. The van der Waals surface area contributed by atoms with Gasteiger partial charge in [0.15, 0.2) is 0 Å². The molecule has 98 valence electrons. The standard InChI is InChI=1S/C14H12FNO3/c15-13-10-11(6-7-16-13)14(17)19-9-8-18-12-4-2-1-3-5-12/h1-7,10H,8-9H2. The van der Waals surface area contributed by atoms with Crippen LogP contribution in [0.15, 0.2) is 48.7 Å². The summed E-state index contributed by atoms with van der Waals surface area (Å²) in [6.45, 7) is 0.334. The minimum Gasteiger partial charge on any atom is -0.490 e. The van der Waals surface area contributed by atoms with E-state index in [-0.39, 0.29) is 18.8 Å². The zero-order valence-corrected chi connectivity index (χ0v) is 10.1. The molecule has 0 saturated heterocycles. The third-order valence-corrected chi connectivity index (χ3v) is 2.29. The lowest BCUT2D eigenvalue weighted by Gasteiger charge is -2.07. The van der Waals surface area contributed by atoms with Crippen molar-refractivity contribution in [2.24, 2.45) is 0 Å². The van der Waals surface area contributed by atoms with Gasteiger partial charge in [0.1, 0.15) is 19.0 Å². The first-order valence-corrected chi connectivity index (χ1v) is 5.72. The van der Waals surface area contributed by atoms with E-state index in [9.17, 15) is 9.18 Å². The van der Waals surface area contributed by atoms with E-state index in [0.717, 1.165) is 6.07 Å². The first kappa shape index (κ1) is 13.0. The molecule has 2 rings (SSSR count). The molecule has 0 amide bonds. The number of halogens is 1. The van der Waals surface area contributed by atoms with Crippen LogP contribution in [0.25, 0.3) is 0 Å². The van der Waals surface area contributed by atoms with Gasteiger partial charge in [-0.25, -0.2) is 9.78 Å². The number of esters is 1. The number of para-hydroxylation sites is 1. The maximum Gasteiger partial charge on any atom is 0.338 e. The van der Waals surface area contributed by atoms with Gasteiger partial charge in [0, 0.05) is 12.3 Å². The molecule has 5 heteroatoms. The molecule has 2 aromatic rings. The number of hydrogen-bond donors (Lipinski definition) is 0. The lowest BCUT2D eigenvalue weighted by molar-refractivity contribution is 0.0449. The zero-order valence-electron chi connectivity index (χ0n) is 10.1. The lowest BCUT2D eigenvalue weighted by atomic mass is 10.3. The summed E-state index contributed by atoms with van der Waals surface area (Å²) >= 11 is 0. The normalized spacial score (nSPS) is 9.95. The fourth-order valence-corrected chi connectivity index (χ4v) is 1.42. The second kappa shape index (κ2) is 6.49. The average molecular weight is 261 g/mol. The maximum absolute atomic E-state index is 12.8. The number of rotatable bonds is 5. The van der Waals surface area contributed by atoms with Crippen LogP contribution in [0.3, 0.4) is 0 Å². The number of nitrogens with zero attached hydrogens (tertiary/aromatic N) is 1. The van der Waals surface area contributed by atoms with Crippen LogP contribution in [-0.2, 0) is 4.74 Å².